The zero-order valence-electron chi connectivity index (χ0n) is 22.3. The first kappa shape index (κ1) is 29.0. The number of halogens is 3. The average molecular weight is 548 g/mol. The van der Waals surface area contributed by atoms with Gasteiger partial charge in [-0.05, 0) is 76.0 Å². The van der Waals surface area contributed by atoms with E-state index < -0.39 is 23.2 Å². The van der Waals surface area contributed by atoms with E-state index in [0.717, 1.165) is 43.5 Å². The van der Waals surface area contributed by atoms with Gasteiger partial charge >= 0.3 is 6.18 Å². The molecule has 1 aromatic heterocycles. The SMILES string of the molecule is CN(C)Cc1ccc(C2(O)CCC(N[C@H]3CCN(C(=O)CNC(=O)c4cccc(C(F)(F)F)c4)C3)CC2)nc1. The number of aromatic nitrogens is 1. The van der Waals surface area contributed by atoms with E-state index >= 15 is 0 Å². The van der Waals surface area contributed by atoms with Gasteiger partial charge in [0, 0.05) is 43.5 Å². The van der Waals surface area contributed by atoms with Gasteiger partial charge in [-0.3, -0.25) is 14.6 Å². The molecule has 2 amide bonds. The molecule has 4 rings (SSSR count). The largest absolute Gasteiger partial charge is 0.416 e. The lowest BCUT2D eigenvalue weighted by atomic mass is 9.79. The Labute approximate surface area is 226 Å². The molecule has 1 aliphatic carbocycles. The van der Waals surface area contributed by atoms with Gasteiger partial charge in [0.15, 0.2) is 0 Å². The normalized spacial score (nSPS) is 23.7. The van der Waals surface area contributed by atoms with Crippen molar-refractivity contribution in [2.24, 2.45) is 0 Å². The monoisotopic (exact) mass is 547 g/mol. The second-order valence-electron chi connectivity index (χ2n) is 10.8. The topological polar surface area (TPSA) is 97.8 Å². The van der Waals surface area contributed by atoms with Gasteiger partial charge in [0.05, 0.1) is 17.8 Å². The van der Waals surface area contributed by atoms with Crippen molar-refractivity contribution >= 4 is 11.8 Å². The summed E-state index contributed by atoms with van der Waals surface area (Å²) in [5.41, 5.74) is -0.197. The average Bonchev–Trinajstić information content (AvgIpc) is 3.37. The first-order chi connectivity index (χ1) is 18.4. The van der Waals surface area contributed by atoms with Crippen molar-refractivity contribution in [1.29, 1.82) is 0 Å². The molecule has 2 heterocycles. The zero-order chi connectivity index (χ0) is 28.2. The van der Waals surface area contributed by atoms with Crippen molar-refractivity contribution in [3.63, 3.8) is 0 Å². The number of rotatable bonds is 8. The summed E-state index contributed by atoms with van der Waals surface area (Å²) in [4.78, 5) is 33.2. The van der Waals surface area contributed by atoms with Crippen molar-refractivity contribution in [3.05, 3.63) is 65.0 Å². The van der Waals surface area contributed by atoms with Crippen LogP contribution in [-0.4, -0.2) is 77.5 Å². The summed E-state index contributed by atoms with van der Waals surface area (Å²) in [5, 5.41) is 17.2. The van der Waals surface area contributed by atoms with Crippen LogP contribution in [0.3, 0.4) is 0 Å². The minimum absolute atomic E-state index is 0.104. The van der Waals surface area contributed by atoms with E-state index in [2.05, 4.69) is 20.5 Å². The first-order valence-electron chi connectivity index (χ1n) is 13.2. The highest BCUT2D eigenvalue weighted by Gasteiger charge is 2.37. The molecule has 2 fully saturated rings. The number of benzene rings is 1. The summed E-state index contributed by atoms with van der Waals surface area (Å²) in [6.07, 6.45) is 0.815. The van der Waals surface area contributed by atoms with Crippen LogP contribution >= 0.6 is 0 Å². The molecule has 1 saturated heterocycles. The Bertz CT molecular complexity index is 1150. The molecule has 2 aliphatic rings. The molecule has 1 aliphatic heterocycles. The van der Waals surface area contributed by atoms with Crippen molar-refractivity contribution < 1.29 is 27.9 Å². The fourth-order valence-corrected chi connectivity index (χ4v) is 5.34. The molecule has 0 unspecified atom stereocenters. The number of nitrogens with one attached hydrogen (secondary N) is 2. The van der Waals surface area contributed by atoms with Crippen LogP contribution in [0.15, 0.2) is 42.6 Å². The second-order valence-corrected chi connectivity index (χ2v) is 10.8. The summed E-state index contributed by atoms with van der Waals surface area (Å²) < 4.78 is 38.7. The van der Waals surface area contributed by atoms with Gasteiger partial charge in [-0.2, -0.15) is 13.2 Å². The Balaban J connectivity index is 1.21. The summed E-state index contributed by atoms with van der Waals surface area (Å²) in [5.74, 6) is -0.999. The Morgan fingerprint density at radius 1 is 1.13 bits per heavy atom. The maximum atomic E-state index is 12.9. The Morgan fingerprint density at radius 3 is 2.51 bits per heavy atom. The molecule has 3 N–H and O–H groups in total. The highest BCUT2D eigenvalue weighted by Crippen LogP contribution is 2.36. The van der Waals surface area contributed by atoms with Crippen molar-refractivity contribution in [2.75, 3.05) is 33.7 Å². The van der Waals surface area contributed by atoms with Crippen molar-refractivity contribution in [3.8, 4) is 0 Å². The van der Waals surface area contributed by atoms with E-state index in [0.29, 0.717) is 31.6 Å². The molecule has 2 aromatic rings. The van der Waals surface area contributed by atoms with Gasteiger partial charge in [-0.15, -0.1) is 0 Å². The summed E-state index contributed by atoms with van der Waals surface area (Å²) in [6.45, 7) is 1.54. The highest BCUT2D eigenvalue weighted by atomic mass is 19.4. The Hall–Kier alpha value is -3.02. The van der Waals surface area contributed by atoms with E-state index in [4.69, 9.17) is 0 Å². The van der Waals surface area contributed by atoms with Gasteiger partial charge < -0.3 is 25.5 Å². The molecule has 1 atom stereocenters. The standard InChI is InChI=1S/C28H36F3N5O3/c1-35(2)17-19-6-7-24(32-15-19)27(39)11-8-22(9-12-27)34-23-10-13-36(18-23)25(37)16-33-26(38)20-4-3-5-21(14-20)28(29,30)31/h3-7,14-15,22-23,34,39H,8-13,16-18H2,1-2H3,(H,33,38)/t22?,23-,27?/m0/s1. The third kappa shape index (κ3) is 7.55. The van der Waals surface area contributed by atoms with Crippen LogP contribution in [0.25, 0.3) is 0 Å². The van der Waals surface area contributed by atoms with Crippen LogP contribution in [0.1, 0.15) is 59.3 Å². The second kappa shape index (κ2) is 12.0. The van der Waals surface area contributed by atoms with Gasteiger partial charge in [0.25, 0.3) is 5.91 Å². The highest BCUT2D eigenvalue weighted by molar-refractivity contribution is 5.96. The van der Waals surface area contributed by atoms with Crippen LogP contribution < -0.4 is 10.6 Å². The number of alkyl halides is 3. The number of hydrogen-bond donors (Lipinski definition) is 3. The predicted molar refractivity (Wildman–Crippen MR) is 140 cm³/mol. The van der Waals surface area contributed by atoms with Crippen molar-refractivity contribution in [2.45, 2.75) is 62.5 Å². The lowest BCUT2D eigenvalue weighted by Crippen LogP contribution is -2.46. The fourth-order valence-electron chi connectivity index (χ4n) is 5.34. The Morgan fingerprint density at radius 2 is 1.87 bits per heavy atom. The minimum atomic E-state index is -4.55. The molecule has 0 bridgehead atoms. The lowest BCUT2D eigenvalue weighted by Gasteiger charge is -2.37. The number of pyridine rings is 1. The van der Waals surface area contributed by atoms with Gasteiger partial charge in [0.1, 0.15) is 5.60 Å². The van der Waals surface area contributed by atoms with Crippen LogP contribution in [0.4, 0.5) is 13.2 Å². The number of aliphatic hydroxyl groups is 1. The number of carbonyl (C=O) groups is 2. The molecule has 1 aromatic carbocycles. The number of hydrogen-bond acceptors (Lipinski definition) is 6. The molecule has 8 nitrogen and oxygen atoms in total. The van der Waals surface area contributed by atoms with E-state index in [1.54, 1.807) is 4.90 Å². The lowest BCUT2D eigenvalue weighted by molar-refractivity contribution is -0.137. The molecule has 1 saturated carbocycles. The minimum Gasteiger partial charge on any atom is -0.384 e. The molecule has 0 spiro atoms. The summed E-state index contributed by atoms with van der Waals surface area (Å²) >= 11 is 0. The number of nitrogens with zero attached hydrogens (tertiary/aromatic N) is 3. The third-order valence-electron chi connectivity index (χ3n) is 7.48. The molecular formula is C28H36F3N5O3. The number of carbonyl (C=O) groups excluding carboxylic acids is 2. The molecule has 11 heteroatoms. The zero-order valence-corrected chi connectivity index (χ0v) is 22.3. The molecule has 212 valence electrons. The van der Waals surface area contributed by atoms with E-state index in [9.17, 15) is 27.9 Å². The smallest absolute Gasteiger partial charge is 0.384 e. The summed E-state index contributed by atoms with van der Waals surface area (Å²) in [6, 6.07) is 8.37. The predicted octanol–water partition coefficient (Wildman–Crippen LogP) is 2.91. The van der Waals surface area contributed by atoms with E-state index in [1.807, 2.05) is 32.4 Å². The molecular weight excluding hydrogens is 511 g/mol. The van der Waals surface area contributed by atoms with E-state index in [-0.39, 0.29) is 30.1 Å². The third-order valence-corrected chi connectivity index (χ3v) is 7.48. The van der Waals surface area contributed by atoms with Crippen LogP contribution in [0, 0.1) is 0 Å². The van der Waals surface area contributed by atoms with Crippen molar-refractivity contribution in [1.82, 2.24) is 25.4 Å². The fraction of sp³-hybridized carbons (Fsp3) is 0.536. The maximum absolute atomic E-state index is 12.9. The molecule has 0 radical (unpaired) electrons. The van der Waals surface area contributed by atoms with Gasteiger partial charge in [-0.1, -0.05) is 12.1 Å². The quantitative estimate of drug-likeness (QED) is 0.470. The van der Waals surface area contributed by atoms with E-state index in [1.165, 1.54) is 12.1 Å². The number of likely N-dealkylation sites (tertiary alicyclic amines) is 1. The Kier molecular flexibility index (Phi) is 8.93. The maximum Gasteiger partial charge on any atom is 0.416 e. The van der Waals surface area contributed by atoms with Crippen LogP contribution in [0.5, 0.6) is 0 Å². The molecule has 39 heavy (non-hydrogen) atoms. The van der Waals surface area contributed by atoms with Gasteiger partial charge in [0.2, 0.25) is 5.91 Å². The van der Waals surface area contributed by atoms with Gasteiger partial charge in [-0.25, -0.2) is 0 Å². The number of amides is 2. The first-order valence-corrected chi connectivity index (χ1v) is 13.2. The summed E-state index contributed by atoms with van der Waals surface area (Å²) in [7, 11) is 4.00. The van der Waals surface area contributed by atoms with Crippen LogP contribution in [-0.2, 0) is 23.1 Å². The van der Waals surface area contributed by atoms with Crippen LogP contribution in [0.2, 0.25) is 0 Å².